The molecule has 9 heteroatoms. The fourth-order valence-electron chi connectivity index (χ4n) is 4.52. The highest BCUT2D eigenvalue weighted by molar-refractivity contribution is 7.99. The molecule has 178 valence electrons. The summed E-state index contributed by atoms with van der Waals surface area (Å²) in [5, 5.41) is 10.3. The molecule has 0 radical (unpaired) electrons. The van der Waals surface area contributed by atoms with Crippen LogP contribution in [0, 0.1) is 0 Å². The van der Waals surface area contributed by atoms with Gasteiger partial charge in [-0.05, 0) is 61.2 Å². The number of thioether (sulfide) groups is 1. The Bertz CT molecular complexity index is 1170. The summed E-state index contributed by atoms with van der Waals surface area (Å²) >= 11 is 7.49. The largest absolute Gasteiger partial charge is 0.486 e. The molecule has 2 aliphatic heterocycles. The van der Waals surface area contributed by atoms with Gasteiger partial charge in [0.1, 0.15) is 13.2 Å². The number of carbonyl (C=O) groups excluding carboxylic acids is 1. The molecule has 0 spiro atoms. The Morgan fingerprint density at radius 1 is 1.12 bits per heavy atom. The third kappa shape index (κ3) is 4.74. The number of likely N-dealkylation sites (tertiary alicyclic amines) is 1. The molecule has 3 heterocycles. The lowest BCUT2D eigenvalue weighted by atomic mass is 10.0. The molecule has 0 bridgehead atoms. The molecular formula is C25H27ClN4O3S. The number of carbonyl (C=O) groups is 1. The van der Waals surface area contributed by atoms with Crippen molar-refractivity contribution in [1.29, 1.82) is 0 Å². The number of hydrogen-bond donors (Lipinski definition) is 0. The summed E-state index contributed by atoms with van der Waals surface area (Å²) in [5.41, 5.74) is 2.06. The summed E-state index contributed by atoms with van der Waals surface area (Å²) in [6.07, 6.45) is 2.88. The lowest BCUT2D eigenvalue weighted by Crippen LogP contribution is -2.32. The van der Waals surface area contributed by atoms with Gasteiger partial charge in [0.25, 0.3) is 0 Å². The van der Waals surface area contributed by atoms with E-state index in [1.54, 1.807) is 0 Å². The number of aromatic nitrogens is 3. The van der Waals surface area contributed by atoms with Crippen LogP contribution in [0.2, 0.25) is 5.02 Å². The average molecular weight is 499 g/mol. The number of nitrogens with zero attached hydrogens (tertiary/aromatic N) is 4. The van der Waals surface area contributed by atoms with Crippen LogP contribution >= 0.6 is 23.4 Å². The van der Waals surface area contributed by atoms with Gasteiger partial charge in [-0.15, -0.1) is 10.2 Å². The molecular weight excluding hydrogens is 472 g/mol. The summed E-state index contributed by atoms with van der Waals surface area (Å²) in [6.45, 7) is 4.78. The second kappa shape index (κ2) is 10.3. The first kappa shape index (κ1) is 23.1. The van der Waals surface area contributed by atoms with E-state index in [1.807, 2.05) is 47.4 Å². The maximum Gasteiger partial charge on any atom is 0.233 e. The first-order chi connectivity index (χ1) is 16.6. The highest BCUT2D eigenvalue weighted by atomic mass is 35.5. The lowest BCUT2D eigenvalue weighted by molar-refractivity contribution is -0.129. The van der Waals surface area contributed by atoms with Crippen molar-refractivity contribution >= 4 is 29.3 Å². The second-order valence-electron chi connectivity index (χ2n) is 8.40. The molecule has 34 heavy (non-hydrogen) atoms. The van der Waals surface area contributed by atoms with Gasteiger partial charge in [-0.2, -0.15) is 0 Å². The number of amides is 1. The minimum Gasteiger partial charge on any atom is -0.486 e. The van der Waals surface area contributed by atoms with Crippen molar-refractivity contribution in [2.45, 2.75) is 43.9 Å². The van der Waals surface area contributed by atoms with Gasteiger partial charge >= 0.3 is 0 Å². The van der Waals surface area contributed by atoms with Crippen LogP contribution in [-0.2, 0) is 11.3 Å². The minimum atomic E-state index is 0.0575. The van der Waals surface area contributed by atoms with Crippen LogP contribution in [-0.4, -0.2) is 51.1 Å². The van der Waals surface area contributed by atoms with Gasteiger partial charge in [0.15, 0.2) is 22.5 Å². The zero-order valence-electron chi connectivity index (χ0n) is 19.1. The Labute approximate surface area is 208 Å². The Morgan fingerprint density at radius 2 is 1.91 bits per heavy atom. The molecule has 1 amide bonds. The molecule has 2 aromatic carbocycles. The van der Waals surface area contributed by atoms with Gasteiger partial charge in [0.2, 0.25) is 5.91 Å². The predicted octanol–water partition coefficient (Wildman–Crippen LogP) is 5.24. The normalized spacial score (nSPS) is 17.2. The van der Waals surface area contributed by atoms with Crippen LogP contribution in [0.15, 0.2) is 47.6 Å². The molecule has 1 atom stereocenters. The first-order valence-corrected chi connectivity index (χ1v) is 13.0. The predicted molar refractivity (Wildman–Crippen MR) is 133 cm³/mol. The van der Waals surface area contributed by atoms with E-state index in [9.17, 15) is 4.79 Å². The highest BCUT2D eigenvalue weighted by Gasteiger charge is 2.31. The topological polar surface area (TPSA) is 69.5 Å². The zero-order valence-corrected chi connectivity index (χ0v) is 20.6. The van der Waals surface area contributed by atoms with Crippen molar-refractivity contribution in [3.05, 3.63) is 53.1 Å². The third-order valence-electron chi connectivity index (χ3n) is 6.12. The smallest absolute Gasteiger partial charge is 0.233 e. The minimum absolute atomic E-state index is 0.0575. The quantitative estimate of drug-likeness (QED) is 0.415. The highest BCUT2D eigenvalue weighted by Crippen LogP contribution is 2.38. The van der Waals surface area contributed by atoms with Crippen LogP contribution < -0.4 is 9.47 Å². The van der Waals surface area contributed by atoms with Crippen molar-refractivity contribution < 1.29 is 14.3 Å². The van der Waals surface area contributed by atoms with Gasteiger partial charge in [-0.3, -0.25) is 4.79 Å². The van der Waals surface area contributed by atoms with E-state index >= 15 is 0 Å². The van der Waals surface area contributed by atoms with Gasteiger partial charge in [0.05, 0.1) is 11.8 Å². The average Bonchev–Trinajstić information content (AvgIpc) is 3.51. The standard InChI is InChI=1S/C25H27ClN4O3S/c1-2-11-30-24(17-5-8-19(26)9-6-17)27-28-25(30)34-16-23(31)29-12-3-4-20(29)18-7-10-21-22(15-18)33-14-13-32-21/h5-10,15,20H,2-4,11-14,16H2,1H3/t20-/m0/s1. The van der Waals surface area contributed by atoms with Crippen LogP contribution in [0.3, 0.4) is 0 Å². The van der Waals surface area contributed by atoms with Crippen molar-refractivity contribution in [3.8, 4) is 22.9 Å². The van der Waals surface area contributed by atoms with Crippen LogP contribution in [0.5, 0.6) is 11.5 Å². The van der Waals surface area contributed by atoms with Gasteiger partial charge in [-0.1, -0.05) is 36.4 Å². The Balaban J connectivity index is 1.29. The molecule has 7 nitrogen and oxygen atoms in total. The fraction of sp³-hybridized carbons (Fsp3) is 0.400. The molecule has 0 aliphatic carbocycles. The summed E-state index contributed by atoms with van der Waals surface area (Å²) in [7, 11) is 0. The Hall–Kier alpha value is -2.71. The second-order valence-corrected chi connectivity index (χ2v) is 9.78. The third-order valence-corrected chi connectivity index (χ3v) is 7.32. The molecule has 5 rings (SSSR count). The van der Waals surface area contributed by atoms with Gasteiger partial charge < -0.3 is 18.9 Å². The van der Waals surface area contributed by atoms with Crippen molar-refractivity contribution in [2.24, 2.45) is 0 Å². The SMILES string of the molecule is CCCn1c(SCC(=O)N2CCC[C@H]2c2ccc3c(c2)OCCO3)nnc1-c1ccc(Cl)cc1. The van der Waals surface area contributed by atoms with Crippen LogP contribution in [0.25, 0.3) is 11.4 Å². The molecule has 0 N–H and O–H groups in total. The summed E-state index contributed by atoms with van der Waals surface area (Å²) in [5.74, 6) is 2.77. The number of halogens is 1. The van der Waals surface area contributed by atoms with E-state index in [0.29, 0.717) is 24.0 Å². The molecule has 1 fully saturated rings. The van der Waals surface area contributed by atoms with Crippen molar-refractivity contribution in [1.82, 2.24) is 19.7 Å². The van der Waals surface area contributed by atoms with Crippen molar-refractivity contribution in [3.63, 3.8) is 0 Å². The maximum absolute atomic E-state index is 13.3. The Kier molecular flexibility index (Phi) is 6.97. The fourth-order valence-corrected chi connectivity index (χ4v) is 5.50. The summed E-state index contributed by atoms with van der Waals surface area (Å²) in [4.78, 5) is 15.2. The number of rotatable bonds is 7. The lowest BCUT2D eigenvalue weighted by Gasteiger charge is -2.26. The molecule has 0 saturated carbocycles. The van der Waals surface area contributed by atoms with E-state index in [-0.39, 0.29) is 11.9 Å². The number of benzene rings is 2. The van der Waals surface area contributed by atoms with E-state index in [0.717, 1.165) is 66.0 Å². The van der Waals surface area contributed by atoms with Crippen molar-refractivity contribution in [2.75, 3.05) is 25.5 Å². The molecule has 0 unspecified atom stereocenters. The van der Waals surface area contributed by atoms with E-state index in [2.05, 4.69) is 21.7 Å². The van der Waals surface area contributed by atoms with Gasteiger partial charge in [0, 0.05) is 23.7 Å². The molecule has 1 aromatic heterocycles. The molecule has 2 aliphatic rings. The van der Waals surface area contributed by atoms with E-state index < -0.39 is 0 Å². The molecule has 3 aromatic rings. The zero-order chi connectivity index (χ0) is 23.5. The monoisotopic (exact) mass is 498 g/mol. The number of hydrogen-bond acceptors (Lipinski definition) is 6. The first-order valence-electron chi connectivity index (χ1n) is 11.6. The van der Waals surface area contributed by atoms with Crippen LogP contribution in [0.1, 0.15) is 37.8 Å². The van der Waals surface area contributed by atoms with E-state index in [4.69, 9.17) is 21.1 Å². The number of ether oxygens (including phenoxy) is 2. The number of fused-ring (bicyclic) bond motifs is 1. The maximum atomic E-state index is 13.3. The molecule has 1 saturated heterocycles. The Morgan fingerprint density at radius 3 is 2.71 bits per heavy atom. The van der Waals surface area contributed by atoms with E-state index in [1.165, 1.54) is 11.8 Å². The van der Waals surface area contributed by atoms with Gasteiger partial charge in [-0.25, -0.2) is 0 Å². The summed E-state index contributed by atoms with van der Waals surface area (Å²) < 4.78 is 13.5. The van der Waals surface area contributed by atoms with Crippen LogP contribution in [0.4, 0.5) is 0 Å². The summed E-state index contributed by atoms with van der Waals surface area (Å²) in [6, 6.07) is 13.7.